The quantitative estimate of drug-likeness (QED) is 0.679. The van der Waals surface area contributed by atoms with Crippen LogP contribution in [0, 0.1) is 0 Å². The van der Waals surface area contributed by atoms with Crippen LogP contribution < -0.4 is 10.5 Å². The topological polar surface area (TPSA) is 67.4 Å². The van der Waals surface area contributed by atoms with Crippen molar-refractivity contribution < 1.29 is 4.52 Å². The summed E-state index contributed by atoms with van der Waals surface area (Å²) in [4.78, 5) is 22.0. The van der Waals surface area contributed by atoms with Gasteiger partial charge in [0.1, 0.15) is 11.5 Å². The van der Waals surface area contributed by atoms with Crippen molar-refractivity contribution in [2.75, 3.05) is 31.1 Å². The molecule has 1 aromatic carbocycles. The van der Waals surface area contributed by atoms with Crippen molar-refractivity contribution in [1.82, 2.24) is 19.6 Å². The molecule has 152 valence electrons. The summed E-state index contributed by atoms with van der Waals surface area (Å²) in [7, 11) is 0. The zero-order chi connectivity index (χ0) is 20.0. The van der Waals surface area contributed by atoms with Crippen LogP contribution in [0.2, 0.25) is 0 Å². The Morgan fingerprint density at radius 2 is 1.97 bits per heavy atom. The smallest absolute Gasteiger partial charge is 0.261 e. The maximum Gasteiger partial charge on any atom is 0.261 e. The third-order valence-electron chi connectivity index (χ3n) is 6.22. The molecule has 0 bridgehead atoms. The highest BCUT2D eigenvalue weighted by molar-refractivity contribution is 5.81. The van der Waals surface area contributed by atoms with Crippen LogP contribution in [-0.4, -0.2) is 45.8 Å². The Kier molecular flexibility index (Phi) is 4.62. The van der Waals surface area contributed by atoms with Gasteiger partial charge in [-0.25, -0.2) is 4.98 Å². The summed E-state index contributed by atoms with van der Waals surface area (Å²) >= 11 is 0. The van der Waals surface area contributed by atoms with Gasteiger partial charge in [0.25, 0.3) is 5.56 Å². The number of aromatic nitrogens is 3. The van der Waals surface area contributed by atoms with E-state index in [9.17, 15) is 4.79 Å². The Bertz CT molecular complexity index is 1090. The van der Waals surface area contributed by atoms with E-state index in [1.165, 1.54) is 12.0 Å². The second-order valence-electron chi connectivity index (χ2n) is 8.40. The lowest BCUT2D eigenvalue weighted by Gasteiger charge is -2.35. The lowest BCUT2D eigenvalue weighted by atomic mass is 10.1. The number of nitrogens with zero attached hydrogens (tertiary/aromatic N) is 5. The fraction of sp³-hybridized carbons (Fsp3) is 0.500. The fourth-order valence-electron chi connectivity index (χ4n) is 4.48. The van der Waals surface area contributed by atoms with Crippen molar-refractivity contribution in [3.63, 3.8) is 0 Å². The minimum atomic E-state index is 0.0292. The summed E-state index contributed by atoms with van der Waals surface area (Å²) in [6.45, 7) is 8.75. The molecule has 3 aromatic rings. The molecule has 5 rings (SSSR count). The highest BCUT2D eigenvalue weighted by Crippen LogP contribution is 2.26. The summed E-state index contributed by atoms with van der Waals surface area (Å²) in [5.74, 6) is 1.10. The molecule has 2 aromatic heterocycles. The number of benzene rings is 1. The highest BCUT2D eigenvalue weighted by atomic mass is 16.5. The number of aryl methyl sites for hydroxylation is 1. The molecule has 3 heterocycles. The van der Waals surface area contributed by atoms with Crippen molar-refractivity contribution in [3.05, 3.63) is 51.9 Å². The van der Waals surface area contributed by atoms with E-state index in [0.717, 1.165) is 68.2 Å². The van der Waals surface area contributed by atoms with Crippen molar-refractivity contribution in [1.29, 1.82) is 0 Å². The number of rotatable bonds is 4. The molecule has 2 aliphatic rings. The Morgan fingerprint density at radius 3 is 2.76 bits per heavy atom. The van der Waals surface area contributed by atoms with Crippen LogP contribution in [0.15, 0.2) is 33.8 Å². The van der Waals surface area contributed by atoms with Crippen LogP contribution in [0.4, 0.5) is 5.69 Å². The first kappa shape index (κ1) is 18.4. The number of hydrogen-bond donors (Lipinski definition) is 0. The summed E-state index contributed by atoms with van der Waals surface area (Å²) in [5.41, 5.74) is 4.41. The number of fused-ring (bicyclic) bond motifs is 2. The van der Waals surface area contributed by atoms with E-state index >= 15 is 0 Å². The van der Waals surface area contributed by atoms with Crippen molar-refractivity contribution in [2.24, 2.45) is 0 Å². The second-order valence-corrected chi connectivity index (χ2v) is 8.40. The molecular formula is C22H27N5O2. The van der Waals surface area contributed by atoms with E-state index in [1.807, 2.05) is 26.0 Å². The van der Waals surface area contributed by atoms with Gasteiger partial charge in [-0.3, -0.25) is 14.3 Å². The Morgan fingerprint density at radius 1 is 1.14 bits per heavy atom. The molecule has 1 saturated heterocycles. The van der Waals surface area contributed by atoms with E-state index in [-0.39, 0.29) is 11.6 Å². The molecule has 0 saturated carbocycles. The van der Waals surface area contributed by atoms with E-state index in [1.54, 1.807) is 10.9 Å². The summed E-state index contributed by atoms with van der Waals surface area (Å²) in [6.07, 6.45) is 4.99. The average molecular weight is 393 g/mol. The van der Waals surface area contributed by atoms with E-state index in [0.29, 0.717) is 5.39 Å². The van der Waals surface area contributed by atoms with E-state index in [4.69, 9.17) is 4.52 Å². The van der Waals surface area contributed by atoms with Crippen LogP contribution in [0.1, 0.15) is 43.3 Å². The van der Waals surface area contributed by atoms with Crippen LogP contribution in [0.3, 0.4) is 0 Å². The van der Waals surface area contributed by atoms with Crippen molar-refractivity contribution in [2.45, 2.75) is 45.7 Å². The molecular weight excluding hydrogens is 366 g/mol. The Hall–Kier alpha value is -2.67. The molecule has 1 aliphatic carbocycles. The van der Waals surface area contributed by atoms with Gasteiger partial charge in [-0.1, -0.05) is 5.16 Å². The molecule has 0 unspecified atom stereocenters. The maximum absolute atomic E-state index is 12.6. The summed E-state index contributed by atoms with van der Waals surface area (Å²) in [6, 6.07) is 6.12. The molecule has 7 heteroatoms. The Labute approximate surface area is 169 Å². The lowest BCUT2D eigenvalue weighted by Crippen LogP contribution is -2.46. The molecule has 0 N–H and O–H groups in total. The molecule has 1 fully saturated rings. The van der Waals surface area contributed by atoms with Gasteiger partial charge in [0.15, 0.2) is 0 Å². The van der Waals surface area contributed by atoms with Crippen LogP contribution in [-0.2, 0) is 19.4 Å². The summed E-state index contributed by atoms with van der Waals surface area (Å²) in [5, 5.41) is 4.98. The highest BCUT2D eigenvalue weighted by Gasteiger charge is 2.24. The van der Waals surface area contributed by atoms with Crippen molar-refractivity contribution >= 4 is 16.6 Å². The molecule has 29 heavy (non-hydrogen) atoms. The van der Waals surface area contributed by atoms with Gasteiger partial charge in [-0.15, -0.1) is 0 Å². The van der Waals surface area contributed by atoms with Gasteiger partial charge in [0.05, 0.1) is 17.2 Å². The molecule has 0 atom stereocenters. The van der Waals surface area contributed by atoms with Crippen molar-refractivity contribution in [3.8, 4) is 0 Å². The molecule has 0 amide bonds. The van der Waals surface area contributed by atoms with Gasteiger partial charge in [0.2, 0.25) is 0 Å². The predicted octanol–water partition coefficient (Wildman–Crippen LogP) is 2.78. The molecule has 1 aliphatic heterocycles. The third-order valence-corrected chi connectivity index (χ3v) is 6.22. The van der Waals surface area contributed by atoms with E-state index in [2.05, 4.69) is 26.0 Å². The average Bonchev–Trinajstić information content (AvgIpc) is 3.33. The zero-order valence-corrected chi connectivity index (χ0v) is 17.1. The van der Waals surface area contributed by atoms with Gasteiger partial charge < -0.3 is 9.42 Å². The van der Waals surface area contributed by atoms with Gasteiger partial charge >= 0.3 is 0 Å². The first-order chi connectivity index (χ1) is 14.1. The third kappa shape index (κ3) is 3.33. The van der Waals surface area contributed by atoms with Gasteiger partial charge in [0, 0.05) is 56.4 Å². The standard InChI is InChI=1S/C22H27N5O2/c1-15(2)27-14-23-19-12-16(6-7-18(19)22(27)28)26-10-8-25(9-11-26)13-20-17-4-3-5-21(17)29-24-20/h6-7,12,14-15H,3-5,8-11,13H2,1-2H3. The zero-order valence-electron chi connectivity index (χ0n) is 17.1. The first-order valence-corrected chi connectivity index (χ1v) is 10.5. The van der Waals surface area contributed by atoms with Gasteiger partial charge in [-0.05, 0) is 44.9 Å². The van der Waals surface area contributed by atoms with Crippen LogP contribution >= 0.6 is 0 Å². The minimum absolute atomic E-state index is 0.0292. The first-order valence-electron chi connectivity index (χ1n) is 10.5. The molecule has 7 nitrogen and oxygen atoms in total. The normalized spacial score (nSPS) is 17.4. The minimum Gasteiger partial charge on any atom is -0.369 e. The lowest BCUT2D eigenvalue weighted by molar-refractivity contribution is 0.240. The van der Waals surface area contributed by atoms with E-state index < -0.39 is 0 Å². The predicted molar refractivity (Wildman–Crippen MR) is 112 cm³/mol. The molecule has 0 radical (unpaired) electrons. The van der Waals surface area contributed by atoms with Gasteiger partial charge in [-0.2, -0.15) is 0 Å². The number of anilines is 1. The molecule has 0 spiro atoms. The van der Waals surface area contributed by atoms with Crippen LogP contribution in [0.5, 0.6) is 0 Å². The fourth-order valence-corrected chi connectivity index (χ4v) is 4.48. The maximum atomic E-state index is 12.6. The monoisotopic (exact) mass is 393 g/mol. The van der Waals surface area contributed by atoms with Crippen LogP contribution in [0.25, 0.3) is 10.9 Å². The Balaban J connectivity index is 1.28. The second kappa shape index (κ2) is 7.30. The summed E-state index contributed by atoms with van der Waals surface area (Å²) < 4.78 is 7.17. The number of piperazine rings is 1. The number of hydrogen-bond acceptors (Lipinski definition) is 6. The largest absolute Gasteiger partial charge is 0.369 e. The SMILES string of the molecule is CC(C)n1cnc2cc(N3CCN(Cc4noc5c4CCC5)CC3)ccc2c1=O.